The van der Waals surface area contributed by atoms with Crippen LogP contribution in [0.25, 0.3) is 0 Å². The van der Waals surface area contributed by atoms with Crippen molar-refractivity contribution in [3.63, 3.8) is 0 Å². The van der Waals surface area contributed by atoms with Crippen molar-refractivity contribution in [3.05, 3.63) is 108 Å². The summed E-state index contributed by atoms with van der Waals surface area (Å²) in [6.45, 7) is 0.344. The fourth-order valence-corrected chi connectivity index (χ4v) is 3.39. The molecule has 0 radical (unpaired) electrons. The van der Waals surface area contributed by atoms with Crippen molar-refractivity contribution in [1.29, 1.82) is 0 Å². The Kier molecular flexibility index (Phi) is 10.5. The molecule has 0 spiro atoms. The van der Waals surface area contributed by atoms with Gasteiger partial charge in [-0.3, -0.25) is 14.4 Å². The van der Waals surface area contributed by atoms with Crippen LogP contribution in [0.2, 0.25) is 0 Å². The third-order valence-corrected chi connectivity index (χ3v) is 5.25. The summed E-state index contributed by atoms with van der Waals surface area (Å²) in [6, 6.07) is 28.3. The first-order chi connectivity index (χ1) is 17.1. The lowest BCUT2D eigenvalue weighted by Crippen LogP contribution is -2.41. The van der Waals surface area contributed by atoms with Crippen LogP contribution in [0.15, 0.2) is 91.0 Å². The smallest absolute Gasteiger partial charge is 0.325 e. The SMILES string of the molecule is O=C(CNCC(Cc1ccccc1)C(=O)NCC(=O)OCc1ccccc1)OCc1ccccc1. The normalized spacial score (nSPS) is 11.3. The van der Waals surface area contributed by atoms with Gasteiger partial charge < -0.3 is 20.1 Å². The highest BCUT2D eigenvalue weighted by molar-refractivity contribution is 5.84. The van der Waals surface area contributed by atoms with Crippen LogP contribution in [0, 0.1) is 5.92 Å². The van der Waals surface area contributed by atoms with Crippen molar-refractivity contribution in [1.82, 2.24) is 10.6 Å². The molecular formula is C28H30N2O5. The largest absolute Gasteiger partial charge is 0.460 e. The average molecular weight is 475 g/mol. The summed E-state index contributed by atoms with van der Waals surface area (Å²) in [5.41, 5.74) is 2.76. The molecule has 0 aromatic heterocycles. The lowest BCUT2D eigenvalue weighted by Gasteiger charge is -2.17. The van der Waals surface area contributed by atoms with Gasteiger partial charge in [0.05, 0.1) is 12.5 Å². The fourth-order valence-electron chi connectivity index (χ4n) is 3.39. The molecule has 3 aromatic carbocycles. The number of rotatable bonds is 13. The molecule has 0 fully saturated rings. The minimum atomic E-state index is -0.516. The van der Waals surface area contributed by atoms with Gasteiger partial charge in [-0.2, -0.15) is 0 Å². The molecule has 182 valence electrons. The Morgan fingerprint density at radius 1 is 0.629 bits per heavy atom. The number of carbonyl (C=O) groups excluding carboxylic acids is 3. The van der Waals surface area contributed by atoms with Crippen molar-refractivity contribution in [2.24, 2.45) is 5.92 Å². The Bertz CT molecular complexity index is 1060. The highest BCUT2D eigenvalue weighted by Gasteiger charge is 2.20. The van der Waals surface area contributed by atoms with Crippen molar-refractivity contribution in [2.45, 2.75) is 19.6 Å². The molecule has 0 saturated carbocycles. The maximum absolute atomic E-state index is 12.8. The Labute approximate surface area is 205 Å². The molecule has 0 aliphatic carbocycles. The standard InChI is InChI=1S/C28H30N2O5/c31-26(34-20-23-12-6-2-7-13-23)18-29-17-25(16-22-10-4-1-5-11-22)28(33)30-19-27(32)35-21-24-14-8-3-9-15-24/h1-15,25,29H,16-21H2,(H,30,33). The van der Waals surface area contributed by atoms with E-state index in [0.29, 0.717) is 6.42 Å². The number of esters is 2. The molecule has 0 bridgehead atoms. The Hall–Kier alpha value is -3.97. The second kappa shape index (κ2) is 14.3. The highest BCUT2D eigenvalue weighted by Crippen LogP contribution is 2.09. The quantitative estimate of drug-likeness (QED) is 0.370. The molecule has 0 aliphatic rings. The zero-order chi connectivity index (χ0) is 24.7. The minimum Gasteiger partial charge on any atom is -0.460 e. The van der Waals surface area contributed by atoms with Gasteiger partial charge in [0.1, 0.15) is 19.8 Å². The van der Waals surface area contributed by atoms with Crippen LogP contribution in [0.4, 0.5) is 0 Å². The van der Waals surface area contributed by atoms with E-state index in [9.17, 15) is 14.4 Å². The molecule has 35 heavy (non-hydrogen) atoms. The van der Waals surface area contributed by atoms with E-state index in [0.717, 1.165) is 16.7 Å². The summed E-state index contributed by atoms with van der Waals surface area (Å²) in [5.74, 6) is -1.70. The van der Waals surface area contributed by atoms with E-state index in [1.54, 1.807) is 0 Å². The minimum absolute atomic E-state index is 0.0233. The summed E-state index contributed by atoms with van der Waals surface area (Å²) >= 11 is 0. The van der Waals surface area contributed by atoms with E-state index in [2.05, 4.69) is 10.6 Å². The lowest BCUT2D eigenvalue weighted by molar-refractivity contribution is -0.145. The van der Waals surface area contributed by atoms with Gasteiger partial charge in [-0.05, 0) is 23.1 Å². The molecule has 7 heteroatoms. The average Bonchev–Trinajstić information content (AvgIpc) is 2.90. The number of ether oxygens (including phenoxy) is 2. The highest BCUT2D eigenvalue weighted by atomic mass is 16.5. The van der Waals surface area contributed by atoms with E-state index >= 15 is 0 Å². The van der Waals surface area contributed by atoms with E-state index < -0.39 is 17.9 Å². The first-order valence-electron chi connectivity index (χ1n) is 11.5. The summed E-state index contributed by atoms with van der Waals surface area (Å²) in [4.78, 5) is 37.0. The van der Waals surface area contributed by atoms with Gasteiger partial charge in [0.2, 0.25) is 5.91 Å². The van der Waals surface area contributed by atoms with Crippen LogP contribution < -0.4 is 10.6 Å². The third kappa shape index (κ3) is 9.81. The van der Waals surface area contributed by atoms with Gasteiger partial charge in [-0.15, -0.1) is 0 Å². The predicted molar refractivity (Wildman–Crippen MR) is 132 cm³/mol. The van der Waals surface area contributed by atoms with Crippen molar-refractivity contribution < 1.29 is 23.9 Å². The lowest BCUT2D eigenvalue weighted by atomic mass is 9.98. The number of amides is 1. The number of hydrogen-bond acceptors (Lipinski definition) is 6. The van der Waals surface area contributed by atoms with Gasteiger partial charge in [-0.1, -0.05) is 91.0 Å². The zero-order valence-corrected chi connectivity index (χ0v) is 19.5. The molecule has 0 aliphatic heterocycles. The molecule has 1 unspecified atom stereocenters. The van der Waals surface area contributed by atoms with E-state index in [1.165, 1.54) is 0 Å². The summed E-state index contributed by atoms with van der Waals surface area (Å²) in [6.07, 6.45) is 0.456. The predicted octanol–water partition coefficient (Wildman–Crippen LogP) is 3.04. The molecule has 3 aromatic rings. The summed E-state index contributed by atoms with van der Waals surface area (Å²) in [5, 5.41) is 5.66. The number of nitrogens with one attached hydrogen (secondary N) is 2. The summed E-state index contributed by atoms with van der Waals surface area (Å²) < 4.78 is 10.5. The van der Waals surface area contributed by atoms with Gasteiger partial charge in [0, 0.05) is 6.54 Å². The van der Waals surface area contributed by atoms with E-state index in [4.69, 9.17) is 9.47 Å². The molecular weight excluding hydrogens is 444 g/mol. The van der Waals surface area contributed by atoms with Crippen LogP contribution in [0.3, 0.4) is 0 Å². The maximum atomic E-state index is 12.8. The number of benzene rings is 3. The van der Waals surface area contributed by atoms with Crippen molar-refractivity contribution in [2.75, 3.05) is 19.6 Å². The van der Waals surface area contributed by atoms with Gasteiger partial charge in [0.15, 0.2) is 0 Å². The van der Waals surface area contributed by atoms with Crippen LogP contribution in [-0.2, 0) is 43.5 Å². The molecule has 2 N–H and O–H groups in total. The van der Waals surface area contributed by atoms with Crippen LogP contribution in [0.1, 0.15) is 16.7 Å². The Morgan fingerprint density at radius 3 is 1.60 bits per heavy atom. The van der Waals surface area contributed by atoms with Gasteiger partial charge in [-0.25, -0.2) is 0 Å². The molecule has 0 heterocycles. The molecule has 7 nitrogen and oxygen atoms in total. The van der Waals surface area contributed by atoms with Crippen LogP contribution >= 0.6 is 0 Å². The van der Waals surface area contributed by atoms with Gasteiger partial charge in [0.25, 0.3) is 0 Å². The number of carbonyl (C=O) groups is 3. The van der Waals surface area contributed by atoms with E-state index in [1.807, 2.05) is 91.0 Å². The van der Waals surface area contributed by atoms with Crippen LogP contribution in [-0.4, -0.2) is 37.5 Å². The van der Waals surface area contributed by atoms with Crippen molar-refractivity contribution >= 4 is 17.8 Å². The van der Waals surface area contributed by atoms with Crippen molar-refractivity contribution in [3.8, 4) is 0 Å². The second-order valence-corrected chi connectivity index (χ2v) is 8.03. The maximum Gasteiger partial charge on any atom is 0.325 e. The van der Waals surface area contributed by atoms with Crippen LogP contribution in [0.5, 0.6) is 0 Å². The van der Waals surface area contributed by atoms with Gasteiger partial charge >= 0.3 is 11.9 Å². The monoisotopic (exact) mass is 474 g/mol. The Balaban J connectivity index is 1.45. The summed E-state index contributed by atoms with van der Waals surface area (Å²) in [7, 11) is 0. The molecule has 3 rings (SSSR count). The number of hydrogen-bond donors (Lipinski definition) is 2. The van der Waals surface area contributed by atoms with E-state index in [-0.39, 0.29) is 38.8 Å². The first-order valence-corrected chi connectivity index (χ1v) is 11.5. The fraction of sp³-hybridized carbons (Fsp3) is 0.250. The topological polar surface area (TPSA) is 93.7 Å². The first kappa shape index (κ1) is 25.6. The Morgan fingerprint density at radius 2 is 1.09 bits per heavy atom. The molecule has 1 amide bonds. The molecule has 1 atom stereocenters. The second-order valence-electron chi connectivity index (χ2n) is 8.03. The zero-order valence-electron chi connectivity index (χ0n) is 19.5. The molecule has 0 saturated heterocycles. The third-order valence-electron chi connectivity index (χ3n) is 5.25.